The number of hydrogen-bond acceptors (Lipinski definition) is 2. The van der Waals surface area contributed by atoms with E-state index in [1.54, 1.807) is 0 Å². The van der Waals surface area contributed by atoms with Crippen molar-refractivity contribution in [3.8, 4) is 0 Å². The molecule has 1 fully saturated rings. The summed E-state index contributed by atoms with van der Waals surface area (Å²) in [4.78, 5) is 0. The molecule has 1 heterocycles. The zero-order valence-electron chi connectivity index (χ0n) is 10.6. The van der Waals surface area contributed by atoms with Crippen molar-refractivity contribution < 1.29 is 13.5 Å². The van der Waals surface area contributed by atoms with E-state index >= 15 is 0 Å². The molecule has 1 aliphatic rings. The molecule has 4 heteroatoms. The van der Waals surface area contributed by atoms with E-state index < -0.39 is 11.6 Å². The molecule has 0 saturated carbocycles. The lowest BCUT2D eigenvalue weighted by Crippen LogP contribution is -2.25. The van der Waals surface area contributed by atoms with E-state index in [1.807, 2.05) is 6.92 Å². The quantitative estimate of drug-likeness (QED) is 0.872. The summed E-state index contributed by atoms with van der Waals surface area (Å²) in [5.41, 5.74) is 0.657. The highest BCUT2D eigenvalue weighted by atomic mass is 19.1. The highest BCUT2D eigenvalue weighted by molar-refractivity contribution is 5.21. The molecule has 2 atom stereocenters. The summed E-state index contributed by atoms with van der Waals surface area (Å²) in [6, 6.07) is 3.64. The monoisotopic (exact) mass is 255 g/mol. The molecule has 0 amide bonds. The van der Waals surface area contributed by atoms with Gasteiger partial charge in [0.25, 0.3) is 0 Å². The van der Waals surface area contributed by atoms with Crippen molar-refractivity contribution in [2.75, 3.05) is 13.2 Å². The fraction of sp³-hybridized carbons (Fsp3) is 0.571. The van der Waals surface area contributed by atoms with Gasteiger partial charge in [-0.3, -0.25) is 0 Å². The van der Waals surface area contributed by atoms with Gasteiger partial charge in [0.05, 0.1) is 6.10 Å². The van der Waals surface area contributed by atoms with Crippen LogP contribution in [-0.2, 0) is 4.74 Å². The van der Waals surface area contributed by atoms with Crippen LogP contribution >= 0.6 is 0 Å². The number of nitrogens with one attached hydrogen (secondary N) is 1. The maximum Gasteiger partial charge on any atom is 0.126 e. The third kappa shape index (κ3) is 3.50. The zero-order valence-corrected chi connectivity index (χ0v) is 10.6. The van der Waals surface area contributed by atoms with Crippen LogP contribution in [0.4, 0.5) is 8.78 Å². The molecule has 1 aromatic rings. The second kappa shape index (κ2) is 6.25. The Morgan fingerprint density at radius 2 is 2.06 bits per heavy atom. The fourth-order valence-electron chi connectivity index (χ4n) is 2.45. The molecule has 0 spiro atoms. The van der Waals surface area contributed by atoms with Crippen molar-refractivity contribution >= 4 is 0 Å². The first-order chi connectivity index (χ1) is 8.69. The van der Waals surface area contributed by atoms with Crippen LogP contribution in [0.1, 0.15) is 37.8 Å². The van der Waals surface area contributed by atoms with Crippen LogP contribution in [0.2, 0.25) is 0 Å². The SMILES string of the molecule is CCNC(CC1CCCO1)c1cc(F)cc(F)c1. The van der Waals surface area contributed by atoms with Gasteiger partial charge in [-0.1, -0.05) is 6.92 Å². The minimum atomic E-state index is -0.528. The lowest BCUT2D eigenvalue weighted by atomic mass is 9.99. The van der Waals surface area contributed by atoms with Crippen molar-refractivity contribution in [1.29, 1.82) is 0 Å². The molecule has 0 radical (unpaired) electrons. The van der Waals surface area contributed by atoms with Gasteiger partial charge in [-0.2, -0.15) is 0 Å². The Bertz CT molecular complexity index is 371. The number of ether oxygens (including phenoxy) is 1. The maximum atomic E-state index is 13.2. The molecular weight excluding hydrogens is 236 g/mol. The normalized spacial score (nSPS) is 21.2. The van der Waals surface area contributed by atoms with Gasteiger partial charge in [-0.25, -0.2) is 8.78 Å². The van der Waals surface area contributed by atoms with Crippen molar-refractivity contribution in [1.82, 2.24) is 5.32 Å². The number of halogens is 2. The summed E-state index contributed by atoms with van der Waals surface area (Å²) < 4.78 is 32.1. The van der Waals surface area contributed by atoms with Crippen LogP contribution in [0.15, 0.2) is 18.2 Å². The van der Waals surface area contributed by atoms with Gasteiger partial charge in [0.1, 0.15) is 11.6 Å². The largest absolute Gasteiger partial charge is 0.378 e. The average molecular weight is 255 g/mol. The molecule has 0 aromatic heterocycles. The van der Waals surface area contributed by atoms with E-state index in [4.69, 9.17) is 4.74 Å². The summed E-state index contributed by atoms with van der Waals surface area (Å²) >= 11 is 0. The summed E-state index contributed by atoms with van der Waals surface area (Å²) in [5.74, 6) is -1.06. The van der Waals surface area contributed by atoms with Gasteiger partial charge in [-0.05, 0) is 43.5 Å². The second-order valence-corrected chi connectivity index (χ2v) is 4.68. The van der Waals surface area contributed by atoms with Crippen LogP contribution < -0.4 is 5.32 Å². The van der Waals surface area contributed by atoms with E-state index in [0.29, 0.717) is 5.56 Å². The summed E-state index contributed by atoms with van der Waals surface area (Å²) in [6.45, 7) is 3.54. The molecule has 1 aliphatic heterocycles. The van der Waals surface area contributed by atoms with Crippen LogP contribution in [0.3, 0.4) is 0 Å². The van der Waals surface area contributed by atoms with Crippen LogP contribution in [-0.4, -0.2) is 19.3 Å². The van der Waals surface area contributed by atoms with E-state index in [-0.39, 0.29) is 12.1 Å². The number of rotatable bonds is 5. The summed E-state index contributed by atoms with van der Waals surface area (Å²) in [5, 5.41) is 3.27. The first kappa shape index (κ1) is 13.4. The molecule has 0 bridgehead atoms. The molecular formula is C14H19F2NO. The smallest absolute Gasteiger partial charge is 0.126 e. The van der Waals surface area contributed by atoms with E-state index in [2.05, 4.69) is 5.32 Å². The van der Waals surface area contributed by atoms with Gasteiger partial charge in [0.15, 0.2) is 0 Å². The van der Waals surface area contributed by atoms with Crippen LogP contribution in [0, 0.1) is 11.6 Å². The van der Waals surface area contributed by atoms with Gasteiger partial charge in [0.2, 0.25) is 0 Å². The van der Waals surface area contributed by atoms with E-state index in [1.165, 1.54) is 12.1 Å². The molecule has 18 heavy (non-hydrogen) atoms. The van der Waals surface area contributed by atoms with Gasteiger partial charge < -0.3 is 10.1 Å². The Morgan fingerprint density at radius 3 is 2.61 bits per heavy atom. The Hall–Kier alpha value is -1.00. The van der Waals surface area contributed by atoms with Crippen LogP contribution in [0.5, 0.6) is 0 Å². The molecule has 1 saturated heterocycles. The predicted molar refractivity (Wildman–Crippen MR) is 66.4 cm³/mol. The summed E-state index contributed by atoms with van der Waals surface area (Å²) in [7, 11) is 0. The molecule has 2 rings (SSSR count). The standard InChI is InChI=1S/C14H19F2NO/c1-2-17-14(9-13-4-3-5-18-13)10-6-11(15)8-12(16)7-10/h6-8,13-14,17H,2-5,9H2,1H3. The van der Waals surface area contributed by atoms with Crippen molar-refractivity contribution in [2.45, 2.75) is 38.3 Å². The lowest BCUT2D eigenvalue weighted by molar-refractivity contribution is 0.0947. The van der Waals surface area contributed by atoms with Gasteiger partial charge in [0, 0.05) is 18.7 Å². The fourth-order valence-corrected chi connectivity index (χ4v) is 2.45. The van der Waals surface area contributed by atoms with Crippen LogP contribution in [0.25, 0.3) is 0 Å². The number of hydrogen-bond donors (Lipinski definition) is 1. The van der Waals surface area contributed by atoms with Gasteiger partial charge in [-0.15, -0.1) is 0 Å². The molecule has 100 valence electrons. The maximum absolute atomic E-state index is 13.2. The lowest BCUT2D eigenvalue weighted by Gasteiger charge is -2.21. The molecule has 2 nitrogen and oxygen atoms in total. The van der Waals surface area contributed by atoms with Gasteiger partial charge >= 0.3 is 0 Å². The molecule has 1 aromatic carbocycles. The Kier molecular flexibility index (Phi) is 4.66. The summed E-state index contributed by atoms with van der Waals surface area (Å²) in [6.07, 6.45) is 3.05. The second-order valence-electron chi connectivity index (χ2n) is 4.68. The van der Waals surface area contributed by atoms with Crippen molar-refractivity contribution in [3.63, 3.8) is 0 Å². The molecule has 0 aliphatic carbocycles. The molecule has 2 unspecified atom stereocenters. The minimum Gasteiger partial charge on any atom is -0.378 e. The third-order valence-electron chi connectivity index (χ3n) is 3.26. The first-order valence-corrected chi connectivity index (χ1v) is 6.50. The Morgan fingerprint density at radius 1 is 1.33 bits per heavy atom. The van der Waals surface area contributed by atoms with Crippen molar-refractivity contribution in [2.24, 2.45) is 0 Å². The predicted octanol–water partition coefficient (Wildman–Crippen LogP) is 3.18. The number of benzene rings is 1. The Balaban J connectivity index is 2.11. The minimum absolute atomic E-state index is 0.0525. The highest BCUT2D eigenvalue weighted by Crippen LogP contribution is 2.26. The Labute approximate surface area is 106 Å². The van der Waals surface area contributed by atoms with E-state index in [0.717, 1.165) is 38.5 Å². The van der Waals surface area contributed by atoms with Crippen molar-refractivity contribution in [3.05, 3.63) is 35.4 Å². The third-order valence-corrected chi connectivity index (χ3v) is 3.26. The molecule has 1 N–H and O–H groups in total. The van der Waals surface area contributed by atoms with E-state index in [9.17, 15) is 8.78 Å². The average Bonchev–Trinajstić information content (AvgIpc) is 2.80. The zero-order chi connectivity index (χ0) is 13.0. The highest BCUT2D eigenvalue weighted by Gasteiger charge is 2.22. The first-order valence-electron chi connectivity index (χ1n) is 6.50. The topological polar surface area (TPSA) is 21.3 Å².